The van der Waals surface area contributed by atoms with Crippen molar-refractivity contribution in [3.8, 4) is 5.75 Å². The van der Waals surface area contributed by atoms with Gasteiger partial charge in [0.2, 0.25) is 5.91 Å². The number of rotatable bonds is 8. The van der Waals surface area contributed by atoms with Crippen molar-refractivity contribution in [1.82, 2.24) is 10.2 Å². The first-order valence-corrected chi connectivity index (χ1v) is 11.7. The Labute approximate surface area is 209 Å². The van der Waals surface area contributed by atoms with Gasteiger partial charge in [0.1, 0.15) is 5.75 Å². The van der Waals surface area contributed by atoms with Crippen molar-refractivity contribution >= 4 is 46.0 Å². The van der Waals surface area contributed by atoms with Crippen LogP contribution in [-0.4, -0.2) is 23.2 Å². The van der Waals surface area contributed by atoms with Crippen LogP contribution in [0, 0.1) is 0 Å². The molecule has 0 unspecified atom stereocenters. The maximum Gasteiger partial charge on any atom is 0.228 e. The molecule has 5 rings (SSSR count). The summed E-state index contributed by atoms with van der Waals surface area (Å²) in [5.41, 5.74) is 6.37. The molecule has 0 radical (unpaired) electrons. The van der Waals surface area contributed by atoms with Crippen molar-refractivity contribution in [2.75, 3.05) is 17.7 Å². The van der Waals surface area contributed by atoms with Crippen molar-refractivity contribution in [3.05, 3.63) is 114 Å². The number of nitrogens with one attached hydrogen (secondary N) is 3. The van der Waals surface area contributed by atoms with Gasteiger partial charge in [0.25, 0.3) is 0 Å². The Morgan fingerprint density at radius 3 is 2.53 bits per heavy atom. The molecule has 178 valence electrons. The number of benzene rings is 4. The Balaban J connectivity index is 1.25. The molecule has 36 heavy (non-hydrogen) atoms. The van der Waals surface area contributed by atoms with Crippen LogP contribution in [-0.2, 0) is 11.2 Å². The van der Waals surface area contributed by atoms with Gasteiger partial charge in [-0.25, -0.2) is 0 Å². The molecule has 4 aromatic carbocycles. The lowest BCUT2D eigenvalue weighted by molar-refractivity contribution is -0.115. The van der Waals surface area contributed by atoms with Gasteiger partial charge in [-0.15, -0.1) is 0 Å². The van der Waals surface area contributed by atoms with Crippen molar-refractivity contribution in [3.63, 3.8) is 0 Å². The minimum absolute atomic E-state index is 0.0876. The quantitative estimate of drug-likeness (QED) is 0.235. The Kier molecular flexibility index (Phi) is 6.76. The van der Waals surface area contributed by atoms with E-state index in [1.165, 1.54) is 0 Å². The third-order valence-electron chi connectivity index (χ3n) is 5.76. The van der Waals surface area contributed by atoms with Gasteiger partial charge in [0.05, 0.1) is 24.7 Å². The van der Waals surface area contributed by atoms with Crippen LogP contribution >= 0.6 is 0 Å². The van der Waals surface area contributed by atoms with Crippen molar-refractivity contribution in [2.24, 2.45) is 0 Å². The fourth-order valence-corrected chi connectivity index (χ4v) is 4.00. The molecular weight excluding hydrogens is 448 g/mol. The van der Waals surface area contributed by atoms with Gasteiger partial charge < -0.3 is 15.4 Å². The lowest BCUT2D eigenvalue weighted by Gasteiger charge is -2.10. The van der Waals surface area contributed by atoms with Gasteiger partial charge in [-0.1, -0.05) is 54.6 Å². The van der Waals surface area contributed by atoms with E-state index in [1.54, 1.807) is 7.11 Å². The molecule has 1 heterocycles. The predicted octanol–water partition coefficient (Wildman–Crippen LogP) is 6.67. The van der Waals surface area contributed by atoms with E-state index in [9.17, 15) is 4.79 Å². The highest BCUT2D eigenvalue weighted by atomic mass is 16.5. The number of methoxy groups -OCH3 is 1. The highest BCUT2D eigenvalue weighted by Gasteiger charge is 2.07. The monoisotopic (exact) mass is 474 g/mol. The SMILES string of the molecule is COc1cccc(CC(=O)Nc2cccc(Nc3ccc4c(/C=C/c5ccccc5)n[nH]c4c3)c2)c1. The number of amides is 1. The first-order chi connectivity index (χ1) is 17.7. The third kappa shape index (κ3) is 5.62. The number of ether oxygens (including phenoxy) is 1. The molecule has 0 spiro atoms. The average Bonchev–Trinajstić information content (AvgIpc) is 3.30. The molecule has 6 nitrogen and oxygen atoms in total. The van der Waals surface area contributed by atoms with Gasteiger partial charge in [0, 0.05) is 22.4 Å². The summed E-state index contributed by atoms with van der Waals surface area (Å²) < 4.78 is 5.24. The number of aromatic nitrogens is 2. The number of H-pyrrole nitrogens is 1. The molecule has 0 aliphatic rings. The zero-order valence-corrected chi connectivity index (χ0v) is 19.9. The summed E-state index contributed by atoms with van der Waals surface area (Å²) in [6.07, 6.45) is 4.33. The third-order valence-corrected chi connectivity index (χ3v) is 5.76. The van der Waals surface area contributed by atoms with E-state index in [0.717, 1.165) is 50.5 Å². The van der Waals surface area contributed by atoms with Gasteiger partial charge >= 0.3 is 0 Å². The molecule has 0 fully saturated rings. The highest BCUT2D eigenvalue weighted by molar-refractivity contribution is 5.93. The molecule has 0 aliphatic carbocycles. The van der Waals surface area contributed by atoms with Crippen LogP contribution < -0.4 is 15.4 Å². The fraction of sp³-hybridized carbons (Fsp3) is 0.0667. The lowest BCUT2D eigenvalue weighted by atomic mass is 10.1. The molecule has 0 atom stereocenters. The van der Waals surface area contributed by atoms with E-state index in [4.69, 9.17) is 4.74 Å². The van der Waals surface area contributed by atoms with E-state index in [0.29, 0.717) is 0 Å². The zero-order valence-electron chi connectivity index (χ0n) is 19.9. The normalized spacial score (nSPS) is 11.0. The number of aromatic amines is 1. The Morgan fingerprint density at radius 2 is 1.67 bits per heavy atom. The zero-order chi connectivity index (χ0) is 24.7. The van der Waals surface area contributed by atoms with Crippen LogP contribution in [0.1, 0.15) is 16.8 Å². The molecule has 0 aliphatic heterocycles. The Hall–Kier alpha value is -4.84. The molecule has 0 saturated heterocycles. The second-order valence-corrected chi connectivity index (χ2v) is 8.40. The van der Waals surface area contributed by atoms with E-state index < -0.39 is 0 Å². The van der Waals surface area contributed by atoms with Crippen molar-refractivity contribution in [2.45, 2.75) is 6.42 Å². The number of anilines is 3. The maximum atomic E-state index is 12.6. The Bertz CT molecular complexity index is 1520. The molecule has 1 amide bonds. The molecule has 6 heteroatoms. The average molecular weight is 475 g/mol. The van der Waals surface area contributed by atoms with E-state index in [1.807, 2.05) is 91.0 Å². The molecule has 1 aromatic heterocycles. The summed E-state index contributed by atoms with van der Waals surface area (Å²) in [5.74, 6) is 0.649. The highest BCUT2D eigenvalue weighted by Crippen LogP contribution is 2.25. The summed E-state index contributed by atoms with van der Waals surface area (Å²) in [6.45, 7) is 0. The summed E-state index contributed by atoms with van der Waals surface area (Å²) in [5, 5.41) is 15.0. The fourth-order valence-electron chi connectivity index (χ4n) is 4.00. The standard InChI is InChI=1S/C30H26N4O2/c1-36-26-12-5-9-22(17-26)18-30(35)32-24-11-6-10-23(19-24)31-25-14-15-27-28(33-34-29(27)20-25)16-13-21-7-3-2-4-8-21/h2-17,19-20,31H,18H2,1H3,(H,32,35)(H,33,34)/b16-13+. The van der Waals surface area contributed by atoms with Crippen LogP contribution in [0.3, 0.4) is 0 Å². The second kappa shape index (κ2) is 10.6. The summed E-state index contributed by atoms with van der Waals surface area (Å²) in [6, 6.07) is 31.4. The van der Waals surface area contributed by atoms with E-state index in [2.05, 4.69) is 39.0 Å². The van der Waals surface area contributed by atoms with Crippen LogP contribution in [0.15, 0.2) is 97.1 Å². The summed E-state index contributed by atoms with van der Waals surface area (Å²) >= 11 is 0. The second-order valence-electron chi connectivity index (χ2n) is 8.40. The molecule has 3 N–H and O–H groups in total. The van der Waals surface area contributed by atoms with Crippen molar-refractivity contribution < 1.29 is 9.53 Å². The minimum atomic E-state index is -0.0876. The predicted molar refractivity (Wildman–Crippen MR) is 147 cm³/mol. The van der Waals surface area contributed by atoms with Crippen LogP contribution in [0.5, 0.6) is 5.75 Å². The number of carbonyl (C=O) groups excluding carboxylic acids is 1. The van der Waals surface area contributed by atoms with Crippen LogP contribution in [0.2, 0.25) is 0 Å². The molecular formula is C30H26N4O2. The van der Waals surface area contributed by atoms with Gasteiger partial charge in [-0.3, -0.25) is 9.89 Å². The Morgan fingerprint density at radius 1 is 0.861 bits per heavy atom. The summed E-state index contributed by atoms with van der Waals surface area (Å²) in [4.78, 5) is 12.6. The lowest BCUT2D eigenvalue weighted by Crippen LogP contribution is -2.14. The minimum Gasteiger partial charge on any atom is -0.497 e. The van der Waals surface area contributed by atoms with Crippen molar-refractivity contribution in [1.29, 1.82) is 0 Å². The maximum absolute atomic E-state index is 12.6. The number of hydrogen-bond donors (Lipinski definition) is 3. The first kappa shape index (κ1) is 22.9. The first-order valence-electron chi connectivity index (χ1n) is 11.7. The summed E-state index contributed by atoms with van der Waals surface area (Å²) in [7, 11) is 1.61. The molecule has 0 bridgehead atoms. The van der Waals surface area contributed by atoms with Gasteiger partial charge in [-0.05, 0) is 65.7 Å². The van der Waals surface area contributed by atoms with Crippen LogP contribution in [0.25, 0.3) is 23.1 Å². The van der Waals surface area contributed by atoms with E-state index >= 15 is 0 Å². The van der Waals surface area contributed by atoms with E-state index in [-0.39, 0.29) is 12.3 Å². The number of carbonyl (C=O) groups is 1. The smallest absolute Gasteiger partial charge is 0.228 e. The number of fused-ring (bicyclic) bond motifs is 1. The largest absolute Gasteiger partial charge is 0.497 e. The molecule has 5 aromatic rings. The number of nitrogens with zero attached hydrogens (tertiary/aromatic N) is 1. The van der Waals surface area contributed by atoms with Gasteiger partial charge in [-0.2, -0.15) is 5.10 Å². The van der Waals surface area contributed by atoms with Gasteiger partial charge in [0.15, 0.2) is 0 Å². The molecule has 0 saturated carbocycles. The topological polar surface area (TPSA) is 79.0 Å². The number of hydrogen-bond acceptors (Lipinski definition) is 4. The van der Waals surface area contributed by atoms with Crippen LogP contribution in [0.4, 0.5) is 17.1 Å².